The lowest BCUT2D eigenvalue weighted by atomic mass is 9.90. The second-order valence-corrected chi connectivity index (χ2v) is 12.3. The molecule has 0 aliphatic carbocycles. The van der Waals surface area contributed by atoms with Crippen molar-refractivity contribution in [1.29, 1.82) is 0 Å². The highest BCUT2D eigenvalue weighted by Crippen LogP contribution is 2.23. The molecule has 0 heteroatoms. The first-order valence-electron chi connectivity index (χ1n) is 17.2. The number of hydrogen-bond acceptors (Lipinski definition) is 0. The van der Waals surface area contributed by atoms with Gasteiger partial charge >= 0.3 is 0 Å². The zero-order valence-corrected chi connectivity index (χ0v) is 25.7. The molecule has 0 aromatic heterocycles. The van der Waals surface area contributed by atoms with E-state index in [1.165, 1.54) is 186 Å². The molecule has 0 aliphatic heterocycles. The first-order chi connectivity index (χ1) is 17.2. The maximum Gasteiger partial charge on any atom is -0.0417 e. The molecule has 0 rings (SSSR count). The van der Waals surface area contributed by atoms with Crippen molar-refractivity contribution in [2.24, 2.45) is 11.8 Å². The molecule has 0 aliphatic rings. The van der Waals surface area contributed by atoms with Gasteiger partial charge in [-0.3, -0.25) is 0 Å². The summed E-state index contributed by atoms with van der Waals surface area (Å²) >= 11 is 0. The second kappa shape index (κ2) is 30.2. The molecular weight excluding hydrogens is 420 g/mol. The molecule has 35 heavy (non-hydrogen) atoms. The van der Waals surface area contributed by atoms with Crippen LogP contribution in [0.15, 0.2) is 0 Å². The van der Waals surface area contributed by atoms with Crippen LogP contribution in [0.5, 0.6) is 0 Å². The lowest BCUT2D eigenvalue weighted by Gasteiger charge is -2.16. The highest BCUT2D eigenvalue weighted by Gasteiger charge is 2.07. The van der Waals surface area contributed by atoms with E-state index in [4.69, 9.17) is 0 Å². The van der Waals surface area contributed by atoms with Gasteiger partial charge in [0.2, 0.25) is 0 Å². The van der Waals surface area contributed by atoms with Crippen LogP contribution in [0.4, 0.5) is 0 Å². The van der Waals surface area contributed by atoms with Crippen molar-refractivity contribution >= 4 is 0 Å². The quantitative estimate of drug-likeness (QED) is 0.0874. The van der Waals surface area contributed by atoms with Crippen LogP contribution in [0.2, 0.25) is 0 Å². The Kier molecular flexibility index (Phi) is 30.2. The predicted molar refractivity (Wildman–Crippen MR) is 164 cm³/mol. The molecule has 0 spiro atoms. The largest absolute Gasteiger partial charge is 0.0654 e. The Bertz CT molecular complexity index is 359. The molecule has 0 heterocycles. The number of rotatable bonds is 30. The summed E-state index contributed by atoms with van der Waals surface area (Å²) in [6.07, 6.45) is 42.6. The van der Waals surface area contributed by atoms with Gasteiger partial charge in [0.05, 0.1) is 0 Å². The third-order valence-corrected chi connectivity index (χ3v) is 8.65. The molecule has 0 radical (unpaired) electrons. The van der Waals surface area contributed by atoms with Crippen molar-refractivity contribution in [3.05, 3.63) is 0 Å². The summed E-state index contributed by atoms with van der Waals surface area (Å²) in [4.78, 5) is 0. The Labute approximate surface area is 225 Å². The molecular formula is C35H72. The van der Waals surface area contributed by atoms with E-state index in [1.54, 1.807) is 0 Å². The van der Waals surface area contributed by atoms with Crippen LogP contribution >= 0.6 is 0 Å². The molecule has 0 saturated carbocycles. The molecule has 0 aromatic carbocycles. The van der Waals surface area contributed by atoms with E-state index >= 15 is 0 Å². The van der Waals surface area contributed by atoms with E-state index < -0.39 is 0 Å². The summed E-state index contributed by atoms with van der Waals surface area (Å²) in [5.41, 5.74) is 0. The van der Waals surface area contributed by atoms with Crippen LogP contribution in [0.25, 0.3) is 0 Å². The molecule has 2 atom stereocenters. The van der Waals surface area contributed by atoms with E-state index in [0.29, 0.717) is 0 Å². The molecule has 0 amide bonds. The van der Waals surface area contributed by atoms with Gasteiger partial charge in [0, 0.05) is 0 Å². The van der Waals surface area contributed by atoms with Crippen LogP contribution in [-0.4, -0.2) is 0 Å². The van der Waals surface area contributed by atoms with E-state index in [0.717, 1.165) is 11.8 Å². The van der Waals surface area contributed by atoms with Crippen molar-refractivity contribution in [3.8, 4) is 0 Å². The van der Waals surface area contributed by atoms with E-state index in [9.17, 15) is 0 Å². The minimum Gasteiger partial charge on any atom is -0.0654 e. The highest BCUT2D eigenvalue weighted by atomic mass is 14.1. The fourth-order valence-electron chi connectivity index (χ4n) is 5.88. The smallest absolute Gasteiger partial charge is 0.0417 e. The molecule has 0 saturated heterocycles. The van der Waals surface area contributed by atoms with Crippen LogP contribution in [-0.2, 0) is 0 Å². The lowest BCUT2D eigenvalue weighted by molar-refractivity contribution is 0.376. The summed E-state index contributed by atoms with van der Waals surface area (Å²) in [7, 11) is 0. The summed E-state index contributed by atoms with van der Waals surface area (Å²) in [5.74, 6) is 1.97. The van der Waals surface area contributed by atoms with Gasteiger partial charge in [0.15, 0.2) is 0 Å². The monoisotopic (exact) mass is 493 g/mol. The third-order valence-electron chi connectivity index (χ3n) is 8.65. The van der Waals surface area contributed by atoms with E-state index in [2.05, 4.69) is 27.7 Å². The molecule has 0 aromatic rings. The van der Waals surface area contributed by atoms with E-state index in [1.807, 2.05) is 0 Å². The van der Waals surface area contributed by atoms with Crippen LogP contribution in [0.1, 0.15) is 214 Å². The van der Waals surface area contributed by atoms with Gasteiger partial charge in [0.25, 0.3) is 0 Å². The summed E-state index contributed by atoms with van der Waals surface area (Å²) in [6, 6.07) is 0. The van der Waals surface area contributed by atoms with Crippen LogP contribution in [0.3, 0.4) is 0 Å². The molecule has 0 nitrogen and oxygen atoms in total. The maximum absolute atomic E-state index is 2.51. The van der Waals surface area contributed by atoms with Crippen molar-refractivity contribution in [1.82, 2.24) is 0 Å². The summed E-state index contributed by atoms with van der Waals surface area (Å²) in [5, 5.41) is 0. The van der Waals surface area contributed by atoms with Crippen molar-refractivity contribution in [2.45, 2.75) is 214 Å². The standard InChI is InChI=1S/C35H72/c1-5-8-10-12-14-16-18-19-20-22-24-26-30-34(4)31-28-29-33-35(7-3)32-27-25-23-21-17-15-13-11-9-6-2/h34-35H,5-33H2,1-4H3. The Balaban J connectivity index is 3.38. The third kappa shape index (κ3) is 28.4. The normalized spacial score (nSPS) is 13.4. The minimum absolute atomic E-state index is 0.958. The lowest BCUT2D eigenvalue weighted by Crippen LogP contribution is -2.01. The Morgan fingerprint density at radius 2 is 0.571 bits per heavy atom. The molecule has 2 unspecified atom stereocenters. The fourth-order valence-corrected chi connectivity index (χ4v) is 5.88. The number of hydrogen-bond donors (Lipinski definition) is 0. The van der Waals surface area contributed by atoms with Crippen molar-refractivity contribution in [3.63, 3.8) is 0 Å². The number of unbranched alkanes of at least 4 members (excludes halogenated alkanes) is 21. The Morgan fingerprint density at radius 3 is 0.914 bits per heavy atom. The van der Waals surface area contributed by atoms with Gasteiger partial charge in [-0.25, -0.2) is 0 Å². The predicted octanol–water partition coefficient (Wildman–Crippen LogP) is 13.6. The summed E-state index contributed by atoms with van der Waals surface area (Å²) < 4.78 is 0. The zero-order valence-electron chi connectivity index (χ0n) is 25.7. The van der Waals surface area contributed by atoms with Gasteiger partial charge in [0.1, 0.15) is 0 Å². The first kappa shape index (κ1) is 35.0. The minimum atomic E-state index is 0.958. The SMILES string of the molecule is CCCCCCCCCCCCCCC(C)CCCCC(CC)CCCCCCCCCCCC. The average molecular weight is 493 g/mol. The van der Waals surface area contributed by atoms with E-state index in [-0.39, 0.29) is 0 Å². The van der Waals surface area contributed by atoms with Gasteiger partial charge in [-0.1, -0.05) is 214 Å². The van der Waals surface area contributed by atoms with Gasteiger partial charge in [-0.2, -0.15) is 0 Å². The average Bonchev–Trinajstić information content (AvgIpc) is 2.87. The Hall–Kier alpha value is 0. The first-order valence-corrected chi connectivity index (χ1v) is 17.2. The topological polar surface area (TPSA) is 0 Å². The zero-order chi connectivity index (χ0) is 25.7. The molecule has 0 N–H and O–H groups in total. The van der Waals surface area contributed by atoms with Gasteiger partial charge in [-0.05, 0) is 11.8 Å². The molecule has 212 valence electrons. The summed E-state index contributed by atoms with van der Waals surface area (Å²) in [6.45, 7) is 9.56. The van der Waals surface area contributed by atoms with Crippen LogP contribution in [0, 0.1) is 11.8 Å². The van der Waals surface area contributed by atoms with Crippen molar-refractivity contribution in [2.75, 3.05) is 0 Å². The fraction of sp³-hybridized carbons (Fsp3) is 1.00. The maximum atomic E-state index is 2.51. The Morgan fingerprint density at radius 1 is 0.314 bits per heavy atom. The molecule has 0 bridgehead atoms. The highest BCUT2D eigenvalue weighted by molar-refractivity contribution is 4.61. The van der Waals surface area contributed by atoms with Crippen LogP contribution < -0.4 is 0 Å². The van der Waals surface area contributed by atoms with Gasteiger partial charge < -0.3 is 0 Å². The second-order valence-electron chi connectivity index (χ2n) is 12.3. The van der Waals surface area contributed by atoms with Crippen molar-refractivity contribution < 1.29 is 0 Å². The molecule has 0 fully saturated rings. The van der Waals surface area contributed by atoms with Gasteiger partial charge in [-0.15, -0.1) is 0 Å².